The van der Waals surface area contributed by atoms with E-state index in [0.717, 1.165) is 42.0 Å². The molecule has 6 nitrogen and oxygen atoms in total. The third-order valence-corrected chi connectivity index (χ3v) is 4.76. The van der Waals surface area contributed by atoms with Crippen LogP contribution in [0, 0.1) is 0 Å². The molecule has 0 saturated carbocycles. The summed E-state index contributed by atoms with van der Waals surface area (Å²) in [4.78, 5) is 8.87. The predicted octanol–water partition coefficient (Wildman–Crippen LogP) is 2.41. The number of aromatic nitrogens is 1. The minimum atomic E-state index is 0.464. The number of nitrogens with two attached hydrogens (primary N) is 1. The largest absolute Gasteiger partial charge is 0.493 e. The average molecular weight is 362 g/mol. The second kappa shape index (κ2) is 9.88. The number of thiazole rings is 1. The van der Waals surface area contributed by atoms with E-state index >= 15 is 0 Å². The molecule has 0 saturated heterocycles. The first-order valence-electron chi connectivity index (χ1n) is 8.34. The van der Waals surface area contributed by atoms with E-state index in [-0.39, 0.29) is 0 Å². The van der Waals surface area contributed by atoms with E-state index in [4.69, 9.17) is 15.2 Å². The summed E-state index contributed by atoms with van der Waals surface area (Å²) in [5, 5.41) is 6.40. The van der Waals surface area contributed by atoms with Crippen molar-refractivity contribution in [2.45, 2.75) is 26.2 Å². The molecule has 0 atom stereocenters. The molecule has 2 aromatic rings. The molecular weight excluding hydrogens is 336 g/mol. The highest BCUT2D eigenvalue weighted by molar-refractivity contribution is 7.09. The lowest BCUT2D eigenvalue weighted by molar-refractivity contribution is 0.354. The van der Waals surface area contributed by atoms with Gasteiger partial charge in [-0.3, -0.25) is 4.99 Å². The molecule has 0 unspecified atom stereocenters. The van der Waals surface area contributed by atoms with Gasteiger partial charge in [0.1, 0.15) is 0 Å². The van der Waals surface area contributed by atoms with E-state index in [1.165, 1.54) is 5.01 Å². The van der Waals surface area contributed by atoms with Crippen molar-refractivity contribution in [2.75, 3.05) is 27.3 Å². The zero-order valence-electron chi connectivity index (χ0n) is 15.0. The fourth-order valence-electron chi connectivity index (χ4n) is 2.34. The molecule has 25 heavy (non-hydrogen) atoms. The zero-order valence-corrected chi connectivity index (χ0v) is 15.9. The lowest BCUT2D eigenvalue weighted by Gasteiger charge is -2.10. The van der Waals surface area contributed by atoms with Crippen LogP contribution in [0.2, 0.25) is 0 Å². The first kappa shape index (κ1) is 19.1. The highest BCUT2D eigenvalue weighted by Crippen LogP contribution is 2.27. The third-order valence-electron chi connectivity index (χ3n) is 3.72. The van der Waals surface area contributed by atoms with Crippen LogP contribution in [0.1, 0.15) is 23.2 Å². The number of aryl methyl sites for hydroxylation is 1. The number of rotatable bonds is 9. The van der Waals surface area contributed by atoms with Crippen LogP contribution in [0.4, 0.5) is 0 Å². The Morgan fingerprint density at radius 1 is 1.24 bits per heavy atom. The minimum Gasteiger partial charge on any atom is -0.493 e. The molecule has 0 radical (unpaired) electrons. The van der Waals surface area contributed by atoms with Gasteiger partial charge in [-0.25, -0.2) is 4.98 Å². The second-order valence-corrected chi connectivity index (χ2v) is 6.41. The van der Waals surface area contributed by atoms with Crippen molar-refractivity contribution in [1.82, 2.24) is 10.3 Å². The van der Waals surface area contributed by atoms with Gasteiger partial charge in [0.25, 0.3) is 0 Å². The fraction of sp³-hybridized carbons (Fsp3) is 0.444. The summed E-state index contributed by atoms with van der Waals surface area (Å²) >= 11 is 1.70. The molecule has 0 aliphatic carbocycles. The van der Waals surface area contributed by atoms with E-state index < -0.39 is 0 Å². The number of aliphatic imine (C=N–C) groups is 1. The van der Waals surface area contributed by atoms with Gasteiger partial charge in [-0.15, -0.1) is 11.3 Å². The molecule has 0 aliphatic heterocycles. The van der Waals surface area contributed by atoms with Gasteiger partial charge < -0.3 is 20.5 Å². The number of benzene rings is 1. The maximum Gasteiger partial charge on any atom is 0.188 e. The van der Waals surface area contributed by atoms with E-state index in [2.05, 4.69) is 27.6 Å². The third kappa shape index (κ3) is 5.94. The Morgan fingerprint density at radius 3 is 2.72 bits per heavy atom. The van der Waals surface area contributed by atoms with Gasteiger partial charge in [0, 0.05) is 24.9 Å². The number of guanidine groups is 1. The highest BCUT2D eigenvalue weighted by atomic mass is 32.1. The lowest BCUT2D eigenvalue weighted by atomic mass is 10.1. The number of ether oxygens (including phenoxy) is 2. The monoisotopic (exact) mass is 362 g/mol. The summed E-state index contributed by atoms with van der Waals surface area (Å²) in [6, 6.07) is 5.90. The maximum absolute atomic E-state index is 5.91. The van der Waals surface area contributed by atoms with Gasteiger partial charge in [-0.05, 0) is 30.5 Å². The average Bonchev–Trinajstić information content (AvgIpc) is 3.09. The SMILES string of the molecule is CCc1nc(CCN=C(N)NCCc2ccc(OC)c(OC)c2)cs1. The first-order chi connectivity index (χ1) is 12.2. The molecule has 0 aliphatic rings. The molecule has 7 heteroatoms. The smallest absolute Gasteiger partial charge is 0.188 e. The van der Waals surface area contributed by atoms with Gasteiger partial charge in [0.15, 0.2) is 17.5 Å². The van der Waals surface area contributed by atoms with Crippen LogP contribution < -0.4 is 20.5 Å². The normalized spacial score (nSPS) is 11.4. The fourth-order valence-corrected chi connectivity index (χ4v) is 3.12. The summed E-state index contributed by atoms with van der Waals surface area (Å²) in [5.41, 5.74) is 8.14. The van der Waals surface area contributed by atoms with Crippen molar-refractivity contribution >= 4 is 17.3 Å². The summed E-state index contributed by atoms with van der Waals surface area (Å²) in [6.45, 7) is 3.46. The van der Waals surface area contributed by atoms with E-state index in [1.807, 2.05) is 18.2 Å². The molecule has 136 valence electrons. The molecule has 3 N–H and O–H groups in total. The van der Waals surface area contributed by atoms with Crippen LogP contribution >= 0.6 is 11.3 Å². The van der Waals surface area contributed by atoms with Gasteiger partial charge in [0.05, 0.1) is 24.9 Å². The highest BCUT2D eigenvalue weighted by Gasteiger charge is 2.04. The summed E-state index contributed by atoms with van der Waals surface area (Å²) in [7, 11) is 3.27. The molecule has 1 heterocycles. The van der Waals surface area contributed by atoms with Crippen molar-refractivity contribution in [3.05, 3.63) is 39.8 Å². The molecule has 2 rings (SSSR count). The zero-order chi connectivity index (χ0) is 18.1. The molecule has 0 bridgehead atoms. The van der Waals surface area contributed by atoms with Crippen LogP contribution in [0.15, 0.2) is 28.6 Å². The molecule has 1 aromatic heterocycles. The Kier molecular flexibility index (Phi) is 7.53. The van der Waals surface area contributed by atoms with E-state index in [1.54, 1.807) is 25.6 Å². The van der Waals surface area contributed by atoms with Crippen molar-refractivity contribution in [2.24, 2.45) is 10.7 Å². The molecule has 0 spiro atoms. The van der Waals surface area contributed by atoms with Crippen LogP contribution in [-0.2, 0) is 19.3 Å². The van der Waals surface area contributed by atoms with Crippen molar-refractivity contribution < 1.29 is 9.47 Å². The number of nitrogens with zero attached hydrogens (tertiary/aromatic N) is 2. The van der Waals surface area contributed by atoms with Crippen molar-refractivity contribution in [3.8, 4) is 11.5 Å². The van der Waals surface area contributed by atoms with Crippen molar-refractivity contribution in [3.63, 3.8) is 0 Å². The van der Waals surface area contributed by atoms with Gasteiger partial charge in [-0.2, -0.15) is 0 Å². The van der Waals surface area contributed by atoms with Gasteiger partial charge in [-0.1, -0.05) is 13.0 Å². The summed E-state index contributed by atoms with van der Waals surface area (Å²) in [5.74, 6) is 1.93. The van der Waals surface area contributed by atoms with E-state index in [0.29, 0.717) is 19.0 Å². The Bertz CT molecular complexity index is 700. The van der Waals surface area contributed by atoms with Crippen molar-refractivity contribution in [1.29, 1.82) is 0 Å². The summed E-state index contributed by atoms with van der Waals surface area (Å²) < 4.78 is 10.5. The molecular formula is C18H26N4O2S. The van der Waals surface area contributed by atoms with Gasteiger partial charge in [0.2, 0.25) is 0 Å². The number of methoxy groups -OCH3 is 2. The molecule has 1 aromatic carbocycles. The Labute approximate surface area is 153 Å². The second-order valence-electron chi connectivity index (χ2n) is 5.47. The van der Waals surface area contributed by atoms with Crippen LogP contribution in [0.5, 0.6) is 11.5 Å². The van der Waals surface area contributed by atoms with Crippen LogP contribution in [0.3, 0.4) is 0 Å². The Hall–Kier alpha value is -2.28. The standard InChI is InChI=1S/C18H26N4O2S/c1-4-17-22-14(12-25-17)8-10-21-18(19)20-9-7-13-5-6-15(23-2)16(11-13)24-3/h5-6,11-12H,4,7-10H2,1-3H3,(H3,19,20,21). The Morgan fingerprint density at radius 2 is 2.04 bits per heavy atom. The topological polar surface area (TPSA) is 81.8 Å². The van der Waals surface area contributed by atoms with E-state index in [9.17, 15) is 0 Å². The number of hydrogen-bond donors (Lipinski definition) is 2. The van der Waals surface area contributed by atoms with Crippen LogP contribution in [-0.4, -0.2) is 38.3 Å². The van der Waals surface area contributed by atoms with Crippen LogP contribution in [0.25, 0.3) is 0 Å². The van der Waals surface area contributed by atoms with Gasteiger partial charge >= 0.3 is 0 Å². The maximum atomic E-state index is 5.91. The predicted molar refractivity (Wildman–Crippen MR) is 103 cm³/mol. The Balaban J connectivity index is 1.74. The molecule has 0 fully saturated rings. The molecule has 0 amide bonds. The number of hydrogen-bond acceptors (Lipinski definition) is 5. The number of nitrogens with one attached hydrogen (secondary N) is 1. The summed E-state index contributed by atoms with van der Waals surface area (Å²) in [6.07, 6.45) is 2.62. The lowest BCUT2D eigenvalue weighted by Crippen LogP contribution is -2.33. The first-order valence-corrected chi connectivity index (χ1v) is 9.22. The minimum absolute atomic E-state index is 0.464. The quantitative estimate of drug-likeness (QED) is 0.529.